The average molecular weight is 278 g/mol. The Morgan fingerprint density at radius 1 is 0.952 bits per heavy atom. The zero-order chi connectivity index (χ0) is 15.1. The minimum Gasteiger partial charge on any atom is -0.294 e. The Morgan fingerprint density at radius 3 is 2.10 bits per heavy atom. The largest absolute Gasteiger partial charge is 0.294 e. The summed E-state index contributed by atoms with van der Waals surface area (Å²) in [5.74, 6) is 0.919. The predicted molar refractivity (Wildman–Crippen MR) is 89.2 cm³/mol. The predicted octanol–water partition coefficient (Wildman–Crippen LogP) is 5.25. The Kier molecular flexibility index (Phi) is 5.51. The molecule has 1 heteroatoms. The molecule has 0 heterocycles. The van der Waals surface area contributed by atoms with Crippen LogP contribution < -0.4 is 0 Å². The van der Waals surface area contributed by atoms with Gasteiger partial charge in [-0.3, -0.25) is 4.79 Å². The molecule has 0 radical (unpaired) electrons. The van der Waals surface area contributed by atoms with E-state index < -0.39 is 0 Å². The molecular formula is C20H22O. The summed E-state index contributed by atoms with van der Waals surface area (Å²) in [6.45, 7) is 4.33. The minimum absolute atomic E-state index is 0.215. The molecule has 2 aromatic rings. The molecule has 0 unspecified atom stereocenters. The van der Waals surface area contributed by atoms with Crippen molar-refractivity contribution in [1.29, 1.82) is 0 Å². The van der Waals surface area contributed by atoms with Crippen LogP contribution in [0.2, 0.25) is 0 Å². The molecule has 0 spiro atoms. The van der Waals surface area contributed by atoms with Crippen LogP contribution in [0.3, 0.4) is 0 Å². The van der Waals surface area contributed by atoms with E-state index in [9.17, 15) is 4.79 Å². The minimum atomic E-state index is 0.215. The maximum atomic E-state index is 12.3. The Labute approximate surface area is 127 Å². The molecule has 0 saturated heterocycles. The van der Waals surface area contributed by atoms with Gasteiger partial charge < -0.3 is 0 Å². The second-order valence-corrected chi connectivity index (χ2v) is 5.67. The van der Waals surface area contributed by atoms with Crippen molar-refractivity contribution in [2.24, 2.45) is 11.8 Å². The van der Waals surface area contributed by atoms with E-state index in [0.717, 1.165) is 5.56 Å². The number of rotatable bonds is 6. The molecule has 108 valence electrons. The molecule has 0 aliphatic carbocycles. The number of carbonyl (C=O) groups is 1. The van der Waals surface area contributed by atoms with Crippen molar-refractivity contribution in [2.45, 2.75) is 20.3 Å². The van der Waals surface area contributed by atoms with Gasteiger partial charge in [-0.25, -0.2) is 0 Å². The summed E-state index contributed by atoms with van der Waals surface area (Å²) < 4.78 is 0. The van der Waals surface area contributed by atoms with Crippen LogP contribution in [0.15, 0.2) is 66.7 Å². The summed E-state index contributed by atoms with van der Waals surface area (Å²) in [6.07, 6.45) is 4.84. The van der Waals surface area contributed by atoms with Crippen LogP contribution in [0.1, 0.15) is 36.2 Å². The monoisotopic (exact) mass is 278 g/mol. The highest BCUT2D eigenvalue weighted by Gasteiger charge is 2.15. The topological polar surface area (TPSA) is 17.1 Å². The van der Waals surface area contributed by atoms with Gasteiger partial charge in [0.1, 0.15) is 0 Å². The SMILES string of the molecule is CC(C)[C@H](/C=C/c1ccccc1)CC(=O)c1ccccc1. The molecule has 0 aromatic heterocycles. The first-order valence-corrected chi connectivity index (χ1v) is 7.48. The van der Waals surface area contributed by atoms with Gasteiger partial charge in [-0.15, -0.1) is 0 Å². The van der Waals surface area contributed by atoms with Crippen LogP contribution in [0.5, 0.6) is 0 Å². The quantitative estimate of drug-likeness (QED) is 0.660. The number of hydrogen-bond acceptors (Lipinski definition) is 1. The van der Waals surface area contributed by atoms with E-state index in [0.29, 0.717) is 12.3 Å². The average Bonchev–Trinajstić information content (AvgIpc) is 2.52. The highest BCUT2D eigenvalue weighted by atomic mass is 16.1. The highest BCUT2D eigenvalue weighted by Crippen LogP contribution is 2.21. The Morgan fingerprint density at radius 2 is 1.52 bits per heavy atom. The number of ketones is 1. The van der Waals surface area contributed by atoms with Crippen LogP contribution in [-0.2, 0) is 0 Å². The third kappa shape index (κ3) is 4.71. The van der Waals surface area contributed by atoms with Gasteiger partial charge in [0.15, 0.2) is 5.78 Å². The third-order valence-electron chi connectivity index (χ3n) is 3.71. The summed E-state index contributed by atoms with van der Waals surface area (Å²) in [4.78, 5) is 12.3. The van der Waals surface area contributed by atoms with Crippen LogP contribution in [0.4, 0.5) is 0 Å². The lowest BCUT2D eigenvalue weighted by atomic mass is 9.88. The standard InChI is InChI=1S/C20H22O/c1-16(2)19(14-13-17-9-5-3-6-10-17)15-20(21)18-11-7-4-8-12-18/h3-14,16,19H,15H2,1-2H3/b14-13+/t19-/m1/s1. The second-order valence-electron chi connectivity index (χ2n) is 5.67. The lowest BCUT2D eigenvalue weighted by Gasteiger charge is -2.16. The van der Waals surface area contributed by atoms with E-state index in [1.54, 1.807) is 0 Å². The van der Waals surface area contributed by atoms with Crippen LogP contribution in [0.25, 0.3) is 6.08 Å². The van der Waals surface area contributed by atoms with E-state index in [4.69, 9.17) is 0 Å². The molecule has 1 atom stereocenters. The fourth-order valence-corrected chi connectivity index (χ4v) is 2.28. The van der Waals surface area contributed by atoms with Crippen molar-refractivity contribution in [3.8, 4) is 0 Å². The van der Waals surface area contributed by atoms with Crippen molar-refractivity contribution in [3.05, 3.63) is 77.9 Å². The van der Waals surface area contributed by atoms with E-state index in [-0.39, 0.29) is 11.7 Å². The van der Waals surface area contributed by atoms with Gasteiger partial charge in [-0.2, -0.15) is 0 Å². The van der Waals surface area contributed by atoms with Crippen molar-refractivity contribution < 1.29 is 4.79 Å². The maximum Gasteiger partial charge on any atom is 0.163 e. The van der Waals surface area contributed by atoms with Crippen molar-refractivity contribution in [2.75, 3.05) is 0 Å². The first-order chi connectivity index (χ1) is 10.2. The smallest absolute Gasteiger partial charge is 0.163 e. The van der Waals surface area contributed by atoms with Gasteiger partial charge >= 0.3 is 0 Å². The Hall–Kier alpha value is -2.15. The molecule has 0 amide bonds. The van der Waals surface area contributed by atoms with Crippen molar-refractivity contribution in [3.63, 3.8) is 0 Å². The molecule has 1 nitrogen and oxygen atoms in total. The molecule has 0 fully saturated rings. The second kappa shape index (κ2) is 7.58. The Balaban J connectivity index is 2.06. The number of benzene rings is 2. The van der Waals surface area contributed by atoms with E-state index in [2.05, 4.69) is 38.1 Å². The number of Topliss-reactive ketones (excluding diaryl/α,β-unsaturated/α-hetero) is 1. The fourth-order valence-electron chi connectivity index (χ4n) is 2.28. The van der Waals surface area contributed by atoms with Crippen LogP contribution >= 0.6 is 0 Å². The molecule has 21 heavy (non-hydrogen) atoms. The third-order valence-corrected chi connectivity index (χ3v) is 3.71. The fraction of sp³-hybridized carbons (Fsp3) is 0.250. The zero-order valence-electron chi connectivity index (χ0n) is 12.7. The zero-order valence-corrected chi connectivity index (χ0v) is 12.7. The molecule has 2 rings (SSSR count). The molecular weight excluding hydrogens is 256 g/mol. The van der Waals surface area contributed by atoms with E-state index in [1.165, 1.54) is 5.56 Å². The Bertz CT molecular complexity index is 582. The summed E-state index contributed by atoms with van der Waals surface area (Å²) in [5.41, 5.74) is 1.98. The van der Waals surface area contributed by atoms with Crippen molar-refractivity contribution >= 4 is 11.9 Å². The van der Waals surface area contributed by atoms with Gasteiger partial charge in [0.05, 0.1) is 0 Å². The number of hydrogen-bond donors (Lipinski definition) is 0. The normalized spacial score (nSPS) is 12.7. The number of carbonyl (C=O) groups excluding carboxylic acids is 1. The molecule has 0 saturated carbocycles. The van der Waals surface area contributed by atoms with E-state index >= 15 is 0 Å². The van der Waals surface area contributed by atoms with Crippen molar-refractivity contribution in [1.82, 2.24) is 0 Å². The first kappa shape index (κ1) is 15.2. The molecule has 0 bridgehead atoms. The summed E-state index contributed by atoms with van der Waals surface area (Å²) in [5, 5.41) is 0. The van der Waals surface area contributed by atoms with Gasteiger partial charge in [0.2, 0.25) is 0 Å². The van der Waals surface area contributed by atoms with Crippen LogP contribution in [0, 0.1) is 11.8 Å². The molecule has 2 aromatic carbocycles. The lowest BCUT2D eigenvalue weighted by molar-refractivity contribution is 0.0960. The molecule has 0 aliphatic heterocycles. The summed E-state index contributed by atoms with van der Waals surface area (Å²) >= 11 is 0. The summed E-state index contributed by atoms with van der Waals surface area (Å²) in [7, 11) is 0. The highest BCUT2D eigenvalue weighted by molar-refractivity contribution is 5.96. The lowest BCUT2D eigenvalue weighted by Crippen LogP contribution is -2.12. The maximum absolute atomic E-state index is 12.3. The number of allylic oxidation sites excluding steroid dienone is 1. The van der Waals surface area contributed by atoms with Gasteiger partial charge in [-0.1, -0.05) is 86.7 Å². The van der Waals surface area contributed by atoms with Gasteiger partial charge in [0, 0.05) is 12.0 Å². The summed E-state index contributed by atoms with van der Waals surface area (Å²) in [6, 6.07) is 19.8. The van der Waals surface area contributed by atoms with E-state index in [1.807, 2.05) is 48.5 Å². The molecule has 0 aliphatic rings. The molecule has 0 N–H and O–H groups in total. The first-order valence-electron chi connectivity index (χ1n) is 7.48. The van der Waals surface area contributed by atoms with Gasteiger partial charge in [0.25, 0.3) is 0 Å². The van der Waals surface area contributed by atoms with Gasteiger partial charge in [-0.05, 0) is 17.4 Å². The van der Waals surface area contributed by atoms with Crippen LogP contribution in [-0.4, -0.2) is 5.78 Å².